The summed E-state index contributed by atoms with van der Waals surface area (Å²) in [5, 5.41) is 13.8. The summed E-state index contributed by atoms with van der Waals surface area (Å²) in [4.78, 5) is 0. The van der Waals surface area contributed by atoms with Crippen LogP contribution in [0.5, 0.6) is 5.75 Å². The van der Waals surface area contributed by atoms with Gasteiger partial charge in [-0.15, -0.1) is 0 Å². The first-order valence-electron chi connectivity index (χ1n) is 5.26. The molecule has 4 nitrogen and oxygen atoms in total. The Kier molecular flexibility index (Phi) is 3.14. The van der Waals surface area contributed by atoms with Gasteiger partial charge in [-0.25, -0.2) is 0 Å². The highest BCUT2D eigenvalue weighted by atomic mass is 16.5. The van der Waals surface area contributed by atoms with Crippen LogP contribution in [0, 0.1) is 0 Å². The minimum absolute atomic E-state index is 0.165. The fourth-order valence-electron chi connectivity index (χ4n) is 1.83. The van der Waals surface area contributed by atoms with Gasteiger partial charge in [0.2, 0.25) is 0 Å². The third-order valence-electron chi connectivity index (χ3n) is 2.65. The van der Waals surface area contributed by atoms with Crippen molar-refractivity contribution in [2.24, 2.45) is 10.9 Å². The monoisotopic (exact) mass is 230 g/mol. The summed E-state index contributed by atoms with van der Waals surface area (Å²) in [6.45, 7) is 0. The summed E-state index contributed by atoms with van der Waals surface area (Å²) < 4.78 is 5.31. The average molecular weight is 230 g/mol. The van der Waals surface area contributed by atoms with Crippen molar-refractivity contribution in [3.05, 3.63) is 42.0 Å². The van der Waals surface area contributed by atoms with E-state index in [0.29, 0.717) is 6.42 Å². The average Bonchev–Trinajstić information content (AvgIpc) is 2.37. The van der Waals surface area contributed by atoms with E-state index in [2.05, 4.69) is 5.16 Å². The number of ether oxygens (including phenoxy) is 1. The molecular formula is C13H14N2O2. The fourth-order valence-corrected chi connectivity index (χ4v) is 1.83. The molecule has 0 saturated carbocycles. The maximum Gasteiger partial charge on any atom is 0.143 e. The van der Waals surface area contributed by atoms with Gasteiger partial charge >= 0.3 is 0 Å². The number of methoxy groups -OCH3 is 1. The molecule has 0 heterocycles. The summed E-state index contributed by atoms with van der Waals surface area (Å²) in [5.74, 6) is 0.911. The number of nitrogens with zero attached hydrogens (tertiary/aromatic N) is 1. The molecule has 0 aliphatic rings. The number of nitrogens with two attached hydrogens (primary N) is 1. The fraction of sp³-hybridized carbons (Fsp3) is 0.154. The van der Waals surface area contributed by atoms with E-state index < -0.39 is 0 Å². The van der Waals surface area contributed by atoms with E-state index in [0.717, 1.165) is 22.1 Å². The molecule has 0 amide bonds. The molecule has 0 bridgehead atoms. The van der Waals surface area contributed by atoms with Gasteiger partial charge < -0.3 is 15.7 Å². The zero-order chi connectivity index (χ0) is 12.3. The molecule has 0 saturated heterocycles. The van der Waals surface area contributed by atoms with E-state index in [1.54, 1.807) is 7.11 Å². The van der Waals surface area contributed by atoms with Crippen molar-refractivity contribution in [3.63, 3.8) is 0 Å². The molecule has 88 valence electrons. The predicted octanol–water partition coefficient (Wildman–Crippen LogP) is 2.14. The van der Waals surface area contributed by atoms with Crippen LogP contribution in [0.3, 0.4) is 0 Å². The van der Waals surface area contributed by atoms with Crippen LogP contribution in [0.4, 0.5) is 0 Å². The van der Waals surface area contributed by atoms with Crippen molar-refractivity contribution in [1.29, 1.82) is 0 Å². The van der Waals surface area contributed by atoms with E-state index in [1.165, 1.54) is 0 Å². The molecule has 0 fully saturated rings. The maximum absolute atomic E-state index is 8.60. The van der Waals surface area contributed by atoms with Gasteiger partial charge in [-0.05, 0) is 22.9 Å². The third kappa shape index (κ3) is 2.30. The summed E-state index contributed by atoms with van der Waals surface area (Å²) in [5.41, 5.74) is 6.42. The Hall–Kier alpha value is -2.23. The lowest BCUT2D eigenvalue weighted by atomic mass is 10.0. The molecule has 0 atom stereocenters. The number of oxime groups is 1. The topological polar surface area (TPSA) is 67.8 Å². The van der Waals surface area contributed by atoms with Crippen LogP contribution < -0.4 is 10.5 Å². The predicted molar refractivity (Wildman–Crippen MR) is 67.6 cm³/mol. The Balaban J connectivity index is 2.53. The molecule has 2 rings (SSSR count). The van der Waals surface area contributed by atoms with Crippen LogP contribution in [0.15, 0.2) is 41.6 Å². The van der Waals surface area contributed by atoms with Crippen LogP contribution in [0.2, 0.25) is 0 Å². The van der Waals surface area contributed by atoms with Gasteiger partial charge in [-0.2, -0.15) is 0 Å². The molecule has 0 radical (unpaired) electrons. The van der Waals surface area contributed by atoms with E-state index in [9.17, 15) is 0 Å². The molecule has 3 N–H and O–H groups in total. The van der Waals surface area contributed by atoms with Crippen molar-refractivity contribution in [2.75, 3.05) is 7.11 Å². The third-order valence-corrected chi connectivity index (χ3v) is 2.65. The highest BCUT2D eigenvalue weighted by molar-refractivity contribution is 5.88. The molecule has 0 aliphatic carbocycles. The highest BCUT2D eigenvalue weighted by Gasteiger charge is 2.07. The standard InChI is InChI=1S/C13H14N2O2/c1-17-12-7-10-5-3-2-4-9(10)6-11(12)8-13(14)15-16/h2-7,16H,8H2,1H3,(H2,14,15). The van der Waals surface area contributed by atoms with Crippen molar-refractivity contribution in [3.8, 4) is 5.75 Å². The van der Waals surface area contributed by atoms with Crippen LogP contribution >= 0.6 is 0 Å². The van der Waals surface area contributed by atoms with E-state index >= 15 is 0 Å². The summed E-state index contributed by atoms with van der Waals surface area (Å²) >= 11 is 0. The van der Waals surface area contributed by atoms with Gasteiger partial charge in [0.25, 0.3) is 0 Å². The zero-order valence-corrected chi connectivity index (χ0v) is 9.55. The first kappa shape index (κ1) is 11.3. The number of rotatable bonds is 3. The molecule has 0 aromatic heterocycles. The number of benzene rings is 2. The number of fused-ring (bicyclic) bond motifs is 1. The van der Waals surface area contributed by atoms with Gasteiger partial charge in [0, 0.05) is 12.0 Å². The first-order valence-corrected chi connectivity index (χ1v) is 5.26. The van der Waals surface area contributed by atoms with Crippen LogP contribution in [-0.4, -0.2) is 18.2 Å². The van der Waals surface area contributed by atoms with Gasteiger partial charge in [0.05, 0.1) is 7.11 Å². The molecule has 0 aliphatic heterocycles. The first-order chi connectivity index (χ1) is 8.24. The quantitative estimate of drug-likeness (QED) is 0.367. The van der Waals surface area contributed by atoms with Crippen LogP contribution in [0.25, 0.3) is 10.8 Å². The molecule has 2 aromatic rings. The van der Waals surface area contributed by atoms with E-state index in [-0.39, 0.29) is 5.84 Å². The second-order valence-corrected chi connectivity index (χ2v) is 3.78. The normalized spacial score (nSPS) is 11.7. The second kappa shape index (κ2) is 4.74. The number of hydrogen-bond donors (Lipinski definition) is 2. The lowest BCUT2D eigenvalue weighted by Gasteiger charge is -2.09. The van der Waals surface area contributed by atoms with Crippen molar-refractivity contribution < 1.29 is 9.94 Å². The summed E-state index contributed by atoms with van der Waals surface area (Å²) in [6.07, 6.45) is 0.366. The van der Waals surface area contributed by atoms with Gasteiger partial charge in [-0.3, -0.25) is 0 Å². The number of hydrogen-bond acceptors (Lipinski definition) is 3. The molecular weight excluding hydrogens is 216 g/mol. The minimum Gasteiger partial charge on any atom is -0.496 e. The summed E-state index contributed by atoms with van der Waals surface area (Å²) in [7, 11) is 1.61. The molecule has 17 heavy (non-hydrogen) atoms. The second-order valence-electron chi connectivity index (χ2n) is 3.78. The van der Waals surface area contributed by atoms with E-state index in [4.69, 9.17) is 15.7 Å². The lowest BCUT2D eigenvalue weighted by molar-refractivity contribution is 0.317. The maximum atomic E-state index is 8.60. The Morgan fingerprint density at radius 2 is 1.94 bits per heavy atom. The SMILES string of the molecule is COc1cc2ccccc2cc1C/C(N)=N\O. The van der Waals surface area contributed by atoms with Crippen molar-refractivity contribution >= 4 is 16.6 Å². The van der Waals surface area contributed by atoms with Gasteiger partial charge in [0.15, 0.2) is 0 Å². The van der Waals surface area contributed by atoms with Gasteiger partial charge in [-0.1, -0.05) is 29.4 Å². The van der Waals surface area contributed by atoms with Crippen molar-refractivity contribution in [1.82, 2.24) is 0 Å². The Bertz CT molecular complexity index is 564. The zero-order valence-electron chi connectivity index (χ0n) is 9.55. The molecule has 2 aromatic carbocycles. The Morgan fingerprint density at radius 3 is 2.53 bits per heavy atom. The van der Waals surface area contributed by atoms with E-state index in [1.807, 2.05) is 36.4 Å². The molecule has 0 unspecified atom stereocenters. The molecule has 4 heteroatoms. The smallest absolute Gasteiger partial charge is 0.143 e. The minimum atomic E-state index is 0.165. The van der Waals surface area contributed by atoms with Crippen molar-refractivity contribution in [2.45, 2.75) is 6.42 Å². The Labute approximate surface area is 99.3 Å². The van der Waals surface area contributed by atoms with Crippen LogP contribution in [-0.2, 0) is 6.42 Å². The highest BCUT2D eigenvalue weighted by Crippen LogP contribution is 2.26. The largest absolute Gasteiger partial charge is 0.496 e. The lowest BCUT2D eigenvalue weighted by Crippen LogP contribution is -2.15. The molecule has 0 spiro atoms. The Morgan fingerprint density at radius 1 is 1.29 bits per heavy atom. The van der Waals surface area contributed by atoms with Crippen LogP contribution in [0.1, 0.15) is 5.56 Å². The number of amidine groups is 1. The van der Waals surface area contributed by atoms with Gasteiger partial charge in [0.1, 0.15) is 11.6 Å². The summed E-state index contributed by atoms with van der Waals surface area (Å²) in [6, 6.07) is 11.9.